The minimum absolute atomic E-state index is 0. The Morgan fingerprint density at radius 2 is 1.83 bits per heavy atom. The molecule has 0 bridgehead atoms. The molecule has 0 aliphatic carbocycles. The molecule has 0 heterocycles. The summed E-state index contributed by atoms with van der Waals surface area (Å²) in [5, 5.41) is 0. The van der Waals surface area contributed by atoms with Crippen LogP contribution >= 0.6 is 0 Å². The van der Waals surface area contributed by atoms with E-state index in [0.717, 1.165) is 0 Å². The van der Waals surface area contributed by atoms with Crippen LogP contribution in [0, 0.1) is 0 Å². The molecule has 0 amide bonds. The minimum atomic E-state index is -3.24. The summed E-state index contributed by atoms with van der Waals surface area (Å²) in [5.74, 6) is 0. The molecule has 0 aliphatic heterocycles. The van der Waals surface area contributed by atoms with Crippen molar-refractivity contribution in [2.45, 2.75) is 0 Å². The van der Waals surface area contributed by atoms with E-state index in [2.05, 4.69) is 4.39 Å². The third-order valence-electron chi connectivity index (χ3n) is 0.0495. The maximum atomic E-state index is 10.3. The van der Waals surface area contributed by atoms with E-state index >= 15 is 0 Å². The summed E-state index contributed by atoms with van der Waals surface area (Å²) in [6, 6.07) is 0. The molecule has 0 spiro atoms. The molecular formula is HF2KO2S. The van der Waals surface area contributed by atoms with Crippen molar-refractivity contribution in [1.82, 2.24) is 0 Å². The molecule has 0 aliphatic rings. The Morgan fingerprint density at radius 3 is 1.83 bits per heavy atom. The van der Waals surface area contributed by atoms with Crippen molar-refractivity contribution in [2.75, 3.05) is 0 Å². The average molecular weight is 142 g/mol. The van der Waals surface area contributed by atoms with Crippen molar-refractivity contribution in [3.8, 4) is 0 Å². The molecule has 0 aromatic carbocycles. The summed E-state index contributed by atoms with van der Waals surface area (Å²) in [7, 11) is 0. The summed E-state index contributed by atoms with van der Waals surface area (Å²) in [6.45, 7) is 0. The van der Waals surface area contributed by atoms with Crippen molar-refractivity contribution in [1.29, 1.82) is 0 Å². The molecule has 0 N–H and O–H groups in total. The Bertz CT molecular complexity index is 46.8. The fourth-order valence-corrected chi connectivity index (χ4v) is 0. The third-order valence-corrected chi connectivity index (χ3v) is 0.149. The fraction of sp³-hybridized carbons (Fsp3) is 0. The van der Waals surface area contributed by atoms with Gasteiger partial charge in [0, 0.05) is 0 Å². The van der Waals surface area contributed by atoms with Crippen LogP contribution in [0.5, 0.6) is 0 Å². The van der Waals surface area contributed by atoms with Gasteiger partial charge in [-0.2, -0.15) is 4.21 Å². The third kappa shape index (κ3) is 9.15. The molecular weight excluding hydrogens is 141 g/mol. The topological polar surface area (TPSA) is 26.3 Å². The van der Waals surface area contributed by atoms with E-state index < -0.39 is 11.5 Å². The van der Waals surface area contributed by atoms with E-state index in [9.17, 15) is 8.41 Å². The molecule has 0 fully saturated rings. The van der Waals surface area contributed by atoms with Gasteiger partial charge in [0.2, 0.25) is 0 Å². The van der Waals surface area contributed by atoms with Gasteiger partial charge in [-0.15, -0.1) is 3.89 Å². The molecule has 34 valence electrons. The zero-order valence-electron chi connectivity index (χ0n) is 1.98. The number of rotatable bonds is 1. The Labute approximate surface area is 78.5 Å². The van der Waals surface area contributed by atoms with Gasteiger partial charge in [-0.25, -0.2) is 0 Å². The molecule has 0 aromatic rings. The van der Waals surface area contributed by atoms with Gasteiger partial charge in [-0.05, 0) is 4.53 Å². The normalized spacial score (nSPS) is 12.3. The van der Waals surface area contributed by atoms with Crippen molar-refractivity contribution in [2.24, 2.45) is 0 Å². The summed E-state index contributed by atoms with van der Waals surface area (Å²) in [4.78, 5) is 0. The van der Waals surface area contributed by atoms with Crippen LogP contribution in [0.15, 0.2) is 0 Å². The van der Waals surface area contributed by atoms with E-state index in [1.165, 1.54) is 0 Å². The summed E-state index contributed by atoms with van der Waals surface area (Å²) >= 11 is -3.24. The van der Waals surface area contributed by atoms with Crippen molar-refractivity contribution < 1.29 is 17.0 Å². The molecule has 1 unspecified atom stereocenters. The van der Waals surface area contributed by atoms with Crippen LogP contribution in [0.25, 0.3) is 0 Å². The Morgan fingerprint density at radius 1 is 1.67 bits per heavy atom. The second-order valence-electron chi connectivity index (χ2n) is 0.257. The molecule has 0 saturated carbocycles. The quantitative estimate of drug-likeness (QED) is 0.374. The predicted octanol–water partition coefficient (Wildman–Crippen LogP) is -0.213. The van der Waals surface area contributed by atoms with Gasteiger partial charge >= 0.3 is 62.9 Å². The van der Waals surface area contributed by atoms with Gasteiger partial charge in [0.05, 0.1) is 0 Å². The predicted molar refractivity (Wildman–Crippen MR) is 18.6 cm³/mol. The first-order valence-electron chi connectivity index (χ1n) is 0.642. The average Bonchev–Trinajstić information content (AvgIpc) is 1.38. The molecule has 0 aromatic heterocycles. The van der Waals surface area contributed by atoms with Crippen LogP contribution in [0.3, 0.4) is 0 Å². The summed E-state index contributed by atoms with van der Waals surface area (Å²) in [5.41, 5.74) is 0. The fourth-order valence-electron chi connectivity index (χ4n) is 0. The van der Waals surface area contributed by atoms with Gasteiger partial charge in [0.1, 0.15) is 0 Å². The van der Waals surface area contributed by atoms with Crippen LogP contribution in [-0.2, 0) is 15.9 Å². The van der Waals surface area contributed by atoms with Crippen LogP contribution < -0.4 is 0 Å². The number of hydrogen-bond acceptors (Lipinski definition) is 2. The second-order valence-corrected chi connectivity index (χ2v) is 0.771. The van der Waals surface area contributed by atoms with Crippen molar-refractivity contribution in [3.63, 3.8) is 0 Å². The monoisotopic (exact) mass is 142 g/mol. The van der Waals surface area contributed by atoms with Crippen molar-refractivity contribution in [3.05, 3.63) is 0 Å². The zero-order chi connectivity index (χ0) is 4.28. The van der Waals surface area contributed by atoms with E-state index in [-0.39, 0.29) is 51.4 Å². The summed E-state index contributed by atoms with van der Waals surface area (Å²) < 4.78 is 31.0. The number of hydrogen-bond donors (Lipinski definition) is 0. The van der Waals surface area contributed by atoms with Gasteiger partial charge in [0.15, 0.2) is 0 Å². The molecule has 0 rings (SSSR count). The van der Waals surface area contributed by atoms with Crippen LogP contribution in [0.4, 0.5) is 8.41 Å². The van der Waals surface area contributed by atoms with Crippen LogP contribution in [0.1, 0.15) is 0 Å². The molecule has 1 atom stereocenters. The number of halogens is 2. The molecule has 0 radical (unpaired) electrons. The Kier molecular flexibility index (Phi) is 11.6. The van der Waals surface area contributed by atoms with Gasteiger partial charge in [0.25, 0.3) is 0 Å². The van der Waals surface area contributed by atoms with Crippen LogP contribution in [0.2, 0.25) is 0 Å². The first-order valence-corrected chi connectivity index (χ1v) is 1.62. The van der Waals surface area contributed by atoms with Gasteiger partial charge < -0.3 is 0 Å². The van der Waals surface area contributed by atoms with Crippen LogP contribution in [-0.4, -0.2) is 55.6 Å². The van der Waals surface area contributed by atoms with Gasteiger partial charge in [-0.1, -0.05) is 4.39 Å². The molecule has 0 saturated heterocycles. The first kappa shape index (κ1) is 10.6. The van der Waals surface area contributed by atoms with E-state index in [1.807, 2.05) is 0 Å². The van der Waals surface area contributed by atoms with E-state index in [0.29, 0.717) is 0 Å². The standard InChI is InChI=1S/F2O2S.K.H/c1-4-5(2)3;;. The van der Waals surface area contributed by atoms with E-state index in [1.54, 1.807) is 0 Å². The Hall–Kier alpha value is 1.61. The Balaban J connectivity index is 0. The van der Waals surface area contributed by atoms with Gasteiger partial charge in [-0.3, -0.25) is 0 Å². The molecule has 2 nitrogen and oxygen atoms in total. The molecule has 6 heavy (non-hydrogen) atoms. The summed E-state index contributed by atoms with van der Waals surface area (Å²) in [6.07, 6.45) is 0. The SMILES string of the molecule is O=S(F)OF.[KH]. The maximum absolute atomic E-state index is 10.3. The van der Waals surface area contributed by atoms with Crippen molar-refractivity contribution >= 4 is 62.9 Å². The van der Waals surface area contributed by atoms with E-state index in [4.69, 9.17) is 4.21 Å². The zero-order valence-corrected chi connectivity index (χ0v) is 2.80. The first-order chi connectivity index (χ1) is 2.27. The molecule has 6 heteroatoms. The second kappa shape index (κ2) is 6.61.